The number of aliphatic hydroxyl groups is 1. The maximum absolute atomic E-state index is 10.7. The number of nitrogens with zero attached hydrogens (tertiary/aromatic N) is 1. The molecule has 1 aromatic carbocycles. The minimum Gasteiger partial charge on any atom is -0.502 e. The third kappa shape index (κ3) is 3.55. The van der Waals surface area contributed by atoms with Crippen molar-refractivity contribution in [3.05, 3.63) is 32.3 Å². The van der Waals surface area contributed by atoms with E-state index < -0.39 is 28.5 Å². The molecule has 0 bridgehead atoms. The summed E-state index contributed by atoms with van der Waals surface area (Å²) in [5, 5.41) is 30.1. The van der Waals surface area contributed by atoms with Crippen LogP contribution in [0.4, 0.5) is 5.69 Å². The second kappa shape index (κ2) is 6.89. The van der Waals surface area contributed by atoms with Crippen LogP contribution in [0, 0.1) is 10.1 Å². The van der Waals surface area contributed by atoms with Gasteiger partial charge in [0.2, 0.25) is 0 Å². The first-order chi connectivity index (χ1) is 7.88. The zero-order chi connectivity index (χ0) is 13.2. The van der Waals surface area contributed by atoms with Crippen molar-refractivity contribution in [3.8, 4) is 5.75 Å². The maximum Gasteiger partial charge on any atom is 0.312 e. The number of benzene rings is 1. The molecule has 6 nitrogen and oxygen atoms in total. The fraction of sp³-hybridized carbons (Fsp3) is 0.400. The second-order valence-electron chi connectivity index (χ2n) is 3.62. The molecule has 0 aliphatic carbocycles. The highest BCUT2D eigenvalue weighted by Crippen LogP contribution is 2.37. The summed E-state index contributed by atoms with van der Waals surface area (Å²) in [5.74, 6) is -0.502. The lowest BCUT2D eigenvalue weighted by molar-refractivity contribution is -0.386. The van der Waals surface area contributed by atoms with E-state index in [-0.39, 0.29) is 18.0 Å². The number of aliphatic hydroxyl groups excluding tert-OH is 1. The van der Waals surface area contributed by atoms with Gasteiger partial charge in [0.25, 0.3) is 0 Å². The summed E-state index contributed by atoms with van der Waals surface area (Å²) in [5.41, 5.74) is 5.45. The van der Waals surface area contributed by atoms with E-state index in [1.54, 1.807) is 6.92 Å². The van der Waals surface area contributed by atoms with Gasteiger partial charge in [0, 0.05) is 16.1 Å². The first kappa shape index (κ1) is 17.1. The number of hydrogen-bond donors (Lipinski definition) is 3. The second-order valence-corrected chi connectivity index (χ2v) is 4.54. The van der Waals surface area contributed by atoms with Gasteiger partial charge in [0.05, 0.1) is 17.1 Å². The van der Waals surface area contributed by atoms with Crippen LogP contribution in [0.1, 0.15) is 24.9 Å². The number of nitrogens with two attached hydrogens (primary N) is 1. The average molecular weight is 342 g/mol. The van der Waals surface area contributed by atoms with E-state index in [9.17, 15) is 20.3 Å². The van der Waals surface area contributed by atoms with Crippen molar-refractivity contribution < 1.29 is 15.1 Å². The first-order valence-corrected chi connectivity index (χ1v) is 5.78. The normalized spacial score (nSPS) is 13.6. The number of aromatic hydroxyl groups is 1. The lowest BCUT2D eigenvalue weighted by Crippen LogP contribution is -2.25. The van der Waals surface area contributed by atoms with Gasteiger partial charge < -0.3 is 15.9 Å². The Morgan fingerprint density at radius 3 is 2.56 bits per heavy atom. The van der Waals surface area contributed by atoms with Crippen molar-refractivity contribution >= 4 is 34.0 Å². The number of rotatable bonds is 4. The molecule has 0 unspecified atom stereocenters. The van der Waals surface area contributed by atoms with Crippen LogP contribution in [-0.4, -0.2) is 21.2 Å². The number of phenolic OH excluding ortho intramolecular Hbond substituents is 1. The molecule has 102 valence electrons. The van der Waals surface area contributed by atoms with Crippen LogP contribution in [0.15, 0.2) is 16.6 Å². The van der Waals surface area contributed by atoms with Crippen molar-refractivity contribution in [2.45, 2.75) is 25.5 Å². The molecule has 0 saturated carbocycles. The van der Waals surface area contributed by atoms with Gasteiger partial charge in [-0.1, -0.05) is 22.9 Å². The molecule has 0 aliphatic rings. The van der Waals surface area contributed by atoms with E-state index in [0.717, 1.165) is 0 Å². The fourth-order valence-corrected chi connectivity index (χ4v) is 1.92. The van der Waals surface area contributed by atoms with Crippen molar-refractivity contribution in [2.24, 2.45) is 5.73 Å². The monoisotopic (exact) mass is 340 g/mol. The Bertz CT molecular complexity index is 444. The van der Waals surface area contributed by atoms with Gasteiger partial charge in [-0.05, 0) is 12.5 Å². The van der Waals surface area contributed by atoms with Gasteiger partial charge in [-0.2, -0.15) is 0 Å². The molecule has 18 heavy (non-hydrogen) atoms. The van der Waals surface area contributed by atoms with E-state index in [2.05, 4.69) is 15.9 Å². The standard InChI is InChI=1S/C10H13BrN2O4.ClH/c1-2-8(14)9(12)6-3-5(11)4-7(10(6)15)13(16)17;/h3-4,8-9,14-15H,2,12H2,1H3;1H/t8-,9+;/m1./s1. The summed E-state index contributed by atoms with van der Waals surface area (Å²) in [6.45, 7) is 1.73. The Hall–Kier alpha value is -0.890. The van der Waals surface area contributed by atoms with E-state index >= 15 is 0 Å². The third-order valence-electron chi connectivity index (χ3n) is 2.47. The highest BCUT2D eigenvalue weighted by molar-refractivity contribution is 9.10. The van der Waals surface area contributed by atoms with Crippen LogP contribution in [0.2, 0.25) is 0 Å². The van der Waals surface area contributed by atoms with Crippen molar-refractivity contribution in [1.82, 2.24) is 0 Å². The Morgan fingerprint density at radius 1 is 1.56 bits per heavy atom. The lowest BCUT2D eigenvalue weighted by atomic mass is 9.99. The van der Waals surface area contributed by atoms with Crippen molar-refractivity contribution in [3.63, 3.8) is 0 Å². The van der Waals surface area contributed by atoms with Gasteiger partial charge in [0.1, 0.15) is 0 Å². The van der Waals surface area contributed by atoms with Crippen molar-refractivity contribution in [2.75, 3.05) is 0 Å². The minimum absolute atomic E-state index is 0. The van der Waals surface area contributed by atoms with Gasteiger partial charge in [-0.25, -0.2) is 0 Å². The summed E-state index contributed by atoms with van der Waals surface area (Å²) in [7, 11) is 0. The molecule has 0 amide bonds. The van der Waals surface area contributed by atoms with Gasteiger partial charge in [0.15, 0.2) is 5.75 Å². The van der Waals surface area contributed by atoms with Crippen LogP contribution in [0.5, 0.6) is 5.75 Å². The van der Waals surface area contributed by atoms with Crippen LogP contribution in [-0.2, 0) is 0 Å². The molecule has 1 aromatic rings. The Labute approximate surface area is 118 Å². The predicted octanol–water partition coefficient (Wildman–Crippen LogP) is 2.26. The third-order valence-corrected chi connectivity index (χ3v) is 2.93. The summed E-state index contributed by atoms with van der Waals surface area (Å²) >= 11 is 3.10. The van der Waals surface area contributed by atoms with E-state index in [0.29, 0.717) is 10.9 Å². The molecule has 0 aromatic heterocycles. The highest BCUT2D eigenvalue weighted by Gasteiger charge is 2.25. The molecule has 0 spiro atoms. The molecular weight excluding hydrogens is 327 g/mol. The molecule has 0 radical (unpaired) electrons. The Kier molecular flexibility index (Phi) is 6.55. The average Bonchev–Trinajstić information content (AvgIpc) is 2.29. The topological polar surface area (TPSA) is 110 Å². The zero-order valence-electron chi connectivity index (χ0n) is 9.54. The summed E-state index contributed by atoms with van der Waals surface area (Å²) < 4.78 is 0.427. The van der Waals surface area contributed by atoms with E-state index in [1.807, 2.05) is 0 Å². The van der Waals surface area contributed by atoms with Crippen LogP contribution in [0.3, 0.4) is 0 Å². The van der Waals surface area contributed by atoms with Gasteiger partial charge >= 0.3 is 5.69 Å². The number of nitro groups is 1. The highest BCUT2D eigenvalue weighted by atomic mass is 79.9. The Morgan fingerprint density at radius 2 is 2.11 bits per heavy atom. The zero-order valence-corrected chi connectivity index (χ0v) is 11.9. The smallest absolute Gasteiger partial charge is 0.312 e. The SMILES string of the molecule is CC[C@@H](O)[C@@H](N)c1cc(Br)cc([N+](=O)[O-])c1O.Cl. The van der Waals surface area contributed by atoms with Crippen molar-refractivity contribution in [1.29, 1.82) is 0 Å². The van der Waals surface area contributed by atoms with E-state index in [4.69, 9.17) is 5.73 Å². The fourth-order valence-electron chi connectivity index (χ4n) is 1.46. The van der Waals surface area contributed by atoms with E-state index in [1.165, 1.54) is 12.1 Å². The molecular formula is C10H14BrClN2O4. The van der Waals surface area contributed by atoms with Crippen LogP contribution in [0.25, 0.3) is 0 Å². The largest absolute Gasteiger partial charge is 0.502 e. The molecule has 0 fully saturated rings. The lowest BCUT2D eigenvalue weighted by Gasteiger charge is -2.18. The van der Waals surface area contributed by atoms with Gasteiger partial charge in [-0.3, -0.25) is 10.1 Å². The molecule has 2 atom stereocenters. The predicted molar refractivity (Wildman–Crippen MR) is 72.9 cm³/mol. The van der Waals surface area contributed by atoms with Crippen LogP contribution >= 0.6 is 28.3 Å². The summed E-state index contributed by atoms with van der Waals surface area (Å²) in [6, 6.07) is 1.78. The number of phenols is 1. The molecule has 0 saturated heterocycles. The quantitative estimate of drug-likeness (QED) is 0.575. The Balaban J connectivity index is 0.00000289. The van der Waals surface area contributed by atoms with Crippen LogP contribution < -0.4 is 5.73 Å². The maximum atomic E-state index is 10.7. The molecule has 0 aliphatic heterocycles. The summed E-state index contributed by atoms with van der Waals surface area (Å²) in [6.07, 6.45) is -0.476. The molecule has 8 heteroatoms. The number of nitro benzene ring substituents is 1. The first-order valence-electron chi connectivity index (χ1n) is 4.98. The minimum atomic E-state index is -0.866. The number of hydrogen-bond acceptors (Lipinski definition) is 5. The molecule has 0 heterocycles. The molecule has 4 N–H and O–H groups in total. The number of halogens is 2. The molecule has 1 rings (SSSR count). The summed E-state index contributed by atoms with van der Waals surface area (Å²) in [4.78, 5) is 10.0. The van der Waals surface area contributed by atoms with Gasteiger partial charge in [-0.15, -0.1) is 12.4 Å².